The fraction of sp³-hybridized carbons (Fsp3) is 0.286. The Morgan fingerprint density at radius 2 is 2.24 bits per heavy atom. The number of nitrogens with zero attached hydrogens (tertiary/aromatic N) is 2. The summed E-state index contributed by atoms with van der Waals surface area (Å²) in [4.78, 5) is 11.7. The first-order valence-electron chi connectivity index (χ1n) is 6.62. The van der Waals surface area contributed by atoms with Crippen molar-refractivity contribution in [3.63, 3.8) is 0 Å². The molecule has 0 spiro atoms. The number of nitrogens with one attached hydrogen (secondary N) is 2. The van der Waals surface area contributed by atoms with Crippen LogP contribution in [0.2, 0.25) is 0 Å². The Balaban J connectivity index is 2.04. The van der Waals surface area contributed by atoms with Crippen LogP contribution in [-0.2, 0) is 0 Å². The Bertz CT molecular complexity index is 611. The second-order valence-electron chi connectivity index (χ2n) is 4.51. The molecule has 1 aromatic carbocycles. The lowest BCUT2D eigenvalue weighted by Crippen LogP contribution is -2.39. The van der Waals surface area contributed by atoms with Crippen molar-refractivity contribution in [2.45, 2.75) is 19.4 Å². The van der Waals surface area contributed by atoms with Gasteiger partial charge in [0.05, 0.1) is 30.7 Å². The van der Waals surface area contributed by atoms with E-state index in [9.17, 15) is 9.18 Å². The third-order valence-corrected chi connectivity index (χ3v) is 2.99. The van der Waals surface area contributed by atoms with Gasteiger partial charge in [-0.05, 0) is 18.6 Å². The van der Waals surface area contributed by atoms with Crippen molar-refractivity contribution in [3.05, 3.63) is 42.5 Å². The van der Waals surface area contributed by atoms with Crippen LogP contribution >= 0.6 is 0 Å². The summed E-state index contributed by atoms with van der Waals surface area (Å²) in [7, 11) is 0. The molecule has 1 atom stereocenters. The molecule has 0 saturated carbocycles. The van der Waals surface area contributed by atoms with Crippen LogP contribution in [-0.4, -0.2) is 33.6 Å². The van der Waals surface area contributed by atoms with Crippen LogP contribution in [0.15, 0.2) is 36.7 Å². The minimum Gasteiger partial charge on any atom is -0.394 e. The maximum atomic E-state index is 13.6. The lowest BCUT2D eigenvalue weighted by Gasteiger charge is -2.13. The van der Waals surface area contributed by atoms with Crippen LogP contribution in [0.25, 0.3) is 5.69 Å². The van der Waals surface area contributed by atoms with Gasteiger partial charge in [-0.2, -0.15) is 5.10 Å². The molecule has 0 bridgehead atoms. The fourth-order valence-electron chi connectivity index (χ4n) is 1.79. The van der Waals surface area contributed by atoms with Crippen molar-refractivity contribution < 1.29 is 14.3 Å². The second kappa shape index (κ2) is 6.85. The maximum Gasteiger partial charge on any atom is 0.319 e. The van der Waals surface area contributed by atoms with Crippen molar-refractivity contribution in [1.29, 1.82) is 0 Å². The Hall–Kier alpha value is -2.41. The molecule has 3 N–H and O–H groups in total. The van der Waals surface area contributed by atoms with Gasteiger partial charge in [-0.15, -0.1) is 0 Å². The number of para-hydroxylation sites is 1. The molecule has 0 aliphatic heterocycles. The number of aliphatic hydroxyl groups excluding tert-OH is 1. The largest absolute Gasteiger partial charge is 0.394 e. The topological polar surface area (TPSA) is 79.2 Å². The number of aromatic nitrogens is 2. The third-order valence-electron chi connectivity index (χ3n) is 2.99. The molecule has 0 radical (unpaired) electrons. The lowest BCUT2D eigenvalue weighted by atomic mass is 10.2. The van der Waals surface area contributed by atoms with Gasteiger partial charge in [-0.3, -0.25) is 0 Å². The normalized spacial score (nSPS) is 12.0. The zero-order valence-corrected chi connectivity index (χ0v) is 11.6. The van der Waals surface area contributed by atoms with E-state index in [2.05, 4.69) is 15.7 Å². The van der Waals surface area contributed by atoms with Gasteiger partial charge in [0, 0.05) is 0 Å². The highest BCUT2D eigenvalue weighted by atomic mass is 19.1. The first-order valence-corrected chi connectivity index (χ1v) is 6.62. The molecule has 6 nitrogen and oxygen atoms in total. The standard InChI is InChI=1S/C14H17FN4O2/c1-2-10(9-20)17-14(21)18-11-7-16-19(8-11)13-6-4-3-5-12(13)15/h3-8,10,20H,2,9H2,1H3,(H2,17,18,21)/t10-/m1/s1. The summed E-state index contributed by atoms with van der Waals surface area (Å²) < 4.78 is 15.0. The molecule has 2 rings (SSSR count). The van der Waals surface area contributed by atoms with Gasteiger partial charge in [0.2, 0.25) is 0 Å². The predicted molar refractivity (Wildman–Crippen MR) is 76.8 cm³/mol. The number of carbonyl (C=O) groups excluding carboxylic acids is 1. The summed E-state index contributed by atoms with van der Waals surface area (Å²) in [5, 5.41) is 18.2. The first-order chi connectivity index (χ1) is 10.1. The first kappa shape index (κ1) is 15.0. The quantitative estimate of drug-likeness (QED) is 0.787. The van der Waals surface area contributed by atoms with Gasteiger partial charge in [-0.1, -0.05) is 19.1 Å². The van der Waals surface area contributed by atoms with Gasteiger partial charge in [-0.25, -0.2) is 13.9 Å². The van der Waals surface area contributed by atoms with Crippen molar-refractivity contribution in [2.24, 2.45) is 0 Å². The van der Waals surface area contributed by atoms with Crippen LogP contribution in [0.5, 0.6) is 0 Å². The molecule has 1 aromatic heterocycles. The minimum absolute atomic E-state index is 0.127. The van der Waals surface area contributed by atoms with E-state index in [1.807, 2.05) is 6.92 Å². The Morgan fingerprint density at radius 1 is 1.48 bits per heavy atom. The highest BCUT2D eigenvalue weighted by Crippen LogP contribution is 2.14. The number of amides is 2. The average Bonchev–Trinajstić information content (AvgIpc) is 2.93. The van der Waals surface area contributed by atoms with E-state index in [1.54, 1.807) is 18.2 Å². The van der Waals surface area contributed by atoms with Gasteiger partial charge in [0.15, 0.2) is 0 Å². The number of halogens is 1. The predicted octanol–water partition coefficient (Wildman–Crippen LogP) is 1.90. The van der Waals surface area contributed by atoms with E-state index in [4.69, 9.17) is 5.11 Å². The molecule has 0 saturated heterocycles. The summed E-state index contributed by atoms with van der Waals surface area (Å²) >= 11 is 0. The Morgan fingerprint density at radius 3 is 2.90 bits per heavy atom. The molecule has 2 aromatic rings. The average molecular weight is 292 g/mol. The Labute approximate surface area is 121 Å². The van der Waals surface area contributed by atoms with Gasteiger partial charge < -0.3 is 15.7 Å². The van der Waals surface area contributed by atoms with Gasteiger partial charge in [0.25, 0.3) is 0 Å². The fourth-order valence-corrected chi connectivity index (χ4v) is 1.79. The zero-order chi connectivity index (χ0) is 15.2. The number of carbonyl (C=O) groups is 1. The number of anilines is 1. The van der Waals surface area contributed by atoms with Crippen molar-refractivity contribution in [1.82, 2.24) is 15.1 Å². The highest BCUT2D eigenvalue weighted by Gasteiger charge is 2.11. The zero-order valence-electron chi connectivity index (χ0n) is 11.6. The van der Waals surface area contributed by atoms with E-state index in [1.165, 1.54) is 23.1 Å². The summed E-state index contributed by atoms with van der Waals surface area (Å²) in [6.45, 7) is 1.73. The molecule has 1 heterocycles. The number of hydrogen-bond acceptors (Lipinski definition) is 3. The summed E-state index contributed by atoms with van der Waals surface area (Å²) in [6, 6.07) is 5.48. The Kier molecular flexibility index (Phi) is 4.89. The molecular formula is C14H17FN4O2. The molecule has 2 amide bonds. The van der Waals surface area contributed by atoms with Crippen molar-refractivity contribution in [2.75, 3.05) is 11.9 Å². The molecule has 0 aliphatic carbocycles. The molecular weight excluding hydrogens is 275 g/mol. The second-order valence-corrected chi connectivity index (χ2v) is 4.51. The summed E-state index contributed by atoms with van der Waals surface area (Å²) in [5.74, 6) is -0.400. The maximum absolute atomic E-state index is 13.6. The van der Waals surface area contributed by atoms with E-state index in [0.29, 0.717) is 17.8 Å². The van der Waals surface area contributed by atoms with Crippen LogP contribution in [0.4, 0.5) is 14.9 Å². The highest BCUT2D eigenvalue weighted by molar-refractivity contribution is 5.89. The van der Waals surface area contributed by atoms with Crippen LogP contribution in [0.3, 0.4) is 0 Å². The third kappa shape index (κ3) is 3.79. The number of rotatable bonds is 5. The van der Waals surface area contributed by atoms with Crippen molar-refractivity contribution in [3.8, 4) is 5.69 Å². The molecule has 0 aliphatic rings. The van der Waals surface area contributed by atoms with Gasteiger partial charge >= 0.3 is 6.03 Å². The van der Waals surface area contributed by atoms with E-state index >= 15 is 0 Å². The number of benzene rings is 1. The lowest BCUT2D eigenvalue weighted by molar-refractivity contribution is 0.222. The van der Waals surface area contributed by atoms with Crippen molar-refractivity contribution >= 4 is 11.7 Å². The molecule has 7 heteroatoms. The number of urea groups is 1. The van der Waals surface area contributed by atoms with Gasteiger partial charge in [0.1, 0.15) is 11.5 Å². The van der Waals surface area contributed by atoms with E-state index in [-0.39, 0.29) is 12.6 Å². The number of hydrogen-bond donors (Lipinski definition) is 3. The molecule has 0 fully saturated rings. The van der Waals surface area contributed by atoms with Crippen LogP contribution in [0, 0.1) is 5.82 Å². The smallest absolute Gasteiger partial charge is 0.319 e. The summed E-state index contributed by atoms with van der Waals surface area (Å²) in [5.41, 5.74) is 0.733. The monoisotopic (exact) mass is 292 g/mol. The minimum atomic E-state index is -0.441. The van der Waals surface area contributed by atoms with Crippen LogP contribution in [0.1, 0.15) is 13.3 Å². The summed E-state index contributed by atoms with van der Waals surface area (Å²) in [6.07, 6.45) is 3.56. The van der Waals surface area contributed by atoms with E-state index < -0.39 is 11.8 Å². The molecule has 0 unspecified atom stereocenters. The van der Waals surface area contributed by atoms with Crippen LogP contribution < -0.4 is 10.6 Å². The molecule has 21 heavy (non-hydrogen) atoms. The van der Waals surface area contributed by atoms with E-state index in [0.717, 1.165) is 0 Å². The molecule has 112 valence electrons. The number of aliphatic hydroxyl groups is 1. The SMILES string of the molecule is CC[C@H](CO)NC(=O)Nc1cnn(-c2ccccc2F)c1.